The van der Waals surface area contributed by atoms with Crippen molar-refractivity contribution in [1.82, 2.24) is 4.90 Å². The second kappa shape index (κ2) is 37.2. The largest absolute Gasteiger partial charge is 0.466 e. The van der Waals surface area contributed by atoms with E-state index >= 15 is 0 Å². The van der Waals surface area contributed by atoms with Gasteiger partial charge < -0.3 is 19.1 Å². The highest BCUT2D eigenvalue weighted by atomic mass is 16.5. The van der Waals surface area contributed by atoms with Crippen molar-refractivity contribution in [2.24, 2.45) is 11.8 Å². The molecule has 0 aromatic rings. The average molecular weight is 734 g/mol. The standard InChI is InChI=1S/C45H83NO6/c1-7-50-43(47)35-31-27-23-19-15-11-9-13-17-21-25-29-33-42(52-45(49)38-40(3)37-41(4)39-46(5)6)34-30-26-22-18-14-10-12-16-20-24-28-32-36-44(48)51-8-2/h15-16,19-20,40-42H,7-14,17-18,21-39H2,1-6H3/b19-15-,20-16-. The van der Waals surface area contributed by atoms with Crippen LogP contribution in [0.5, 0.6) is 0 Å². The van der Waals surface area contributed by atoms with Crippen LogP contribution < -0.4 is 0 Å². The van der Waals surface area contributed by atoms with Gasteiger partial charge in [-0.3, -0.25) is 14.4 Å². The summed E-state index contributed by atoms with van der Waals surface area (Å²) in [5.74, 6) is 0.757. The van der Waals surface area contributed by atoms with Crippen LogP contribution in [-0.4, -0.2) is 62.8 Å². The number of allylic oxidation sites excluding steroid dienone is 4. The Morgan fingerprint density at radius 2 is 0.904 bits per heavy atom. The van der Waals surface area contributed by atoms with Gasteiger partial charge in [-0.25, -0.2) is 0 Å². The van der Waals surface area contributed by atoms with Crippen molar-refractivity contribution in [3.8, 4) is 0 Å². The van der Waals surface area contributed by atoms with E-state index in [1.807, 2.05) is 13.8 Å². The molecule has 0 rings (SSSR count). The van der Waals surface area contributed by atoms with Crippen LogP contribution in [0.4, 0.5) is 0 Å². The normalized spacial score (nSPS) is 13.0. The lowest BCUT2D eigenvalue weighted by Gasteiger charge is -2.22. The molecule has 0 aliphatic heterocycles. The Morgan fingerprint density at radius 3 is 1.31 bits per heavy atom. The number of carbonyl (C=O) groups is 3. The van der Waals surface area contributed by atoms with Crippen LogP contribution in [0, 0.1) is 11.8 Å². The first-order chi connectivity index (χ1) is 25.2. The van der Waals surface area contributed by atoms with E-state index in [1.54, 1.807) is 0 Å². The highest BCUT2D eigenvalue weighted by molar-refractivity contribution is 5.70. The third-order valence-corrected chi connectivity index (χ3v) is 9.54. The quantitative estimate of drug-likeness (QED) is 0.0272. The summed E-state index contributed by atoms with van der Waals surface area (Å²) in [4.78, 5) is 38.0. The number of carbonyl (C=O) groups excluding carboxylic acids is 3. The van der Waals surface area contributed by atoms with Crippen LogP contribution >= 0.6 is 0 Å². The second-order valence-corrected chi connectivity index (χ2v) is 15.5. The van der Waals surface area contributed by atoms with Crippen molar-refractivity contribution in [1.29, 1.82) is 0 Å². The molecule has 2 unspecified atom stereocenters. The number of ether oxygens (including phenoxy) is 3. The molecule has 0 heterocycles. The monoisotopic (exact) mass is 734 g/mol. The summed E-state index contributed by atoms with van der Waals surface area (Å²) in [6.45, 7) is 10.2. The van der Waals surface area contributed by atoms with Crippen LogP contribution in [-0.2, 0) is 28.6 Å². The summed E-state index contributed by atoms with van der Waals surface area (Å²) in [7, 11) is 4.22. The molecule has 0 aromatic heterocycles. The van der Waals surface area contributed by atoms with E-state index in [0.717, 1.165) is 90.0 Å². The number of esters is 3. The Bertz CT molecular complexity index is 848. The fraction of sp³-hybridized carbons (Fsp3) is 0.844. The van der Waals surface area contributed by atoms with Crippen molar-refractivity contribution in [3.05, 3.63) is 24.3 Å². The Labute approximate surface area is 321 Å². The SMILES string of the molecule is CCOC(=O)CCCC/C=C\CCCCCCCCC(CCCCCCCC/C=C\CCCCC(=O)OCC)OC(=O)CC(C)CC(C)CN(C)C. The first kappa shape index (κ1) is 49.9. The van der Waals surface area contributed by atoms with Crippen LogP contribution in [0.3, 0.4) is 0 Å². The van der Waals surface area contributed by atoms with Crippen LogP contribution in [0.15, 0.2) is 24.3 Å². The number of hydrogen-bond donors (Lipinski definition) is 0. The van der Waals surface area contributed by atoms with Gasteiger partial charge in [0.2, 0.25) is 0 Å². The molecule has 304 valence electrons. The summed E-state index contributed by atoms with van der Waals surface area (Å²) in [5, 5.41) is 0. The number of hydrogen-bond acceptors (Lipinski definition) is 7. The lowest BCUT2D eigenvalue weighted by molar-refractivity contribution is -0.151. The topological polar surface area (TPSA) is 82.1 Å². The van der Waals surface area contributed by atoms with Crippen LogP contribution in [0.25, 0.3) is 0 Å². The zero-order chi connectivity index (χ0) is 38.5. The fourth-order valence-corrected chi connectivity index (χ4v) is 6.93. The maximum atomic E-state index is 13.0. The third kappa shape index (κ3) is 36.2. The second-order valence-electron chi connectivity index (χ2n) is 15.5. The van der Waals surface area contributed by atoms with Gasteiger partial charge in [-0.2, -0.15) is 0 Å². The smallest absolute Gasteiger partial charge is 0.306 e. The molecule has 0 fully saturated rings. The molecule has 0 radical (unpaired) electrons. The van der Waals surface area contributed by atoms with Gasteiger partial charge in [-0.1, -0.05) is 89.5 Å². The van der Waals surface area contributed by atoms with Gasteiger partial charge in [0.1, 0.15) is 6.10 Å². The highest BCUT2D eigenvalue weighted by Crippen LogP contribution is 2.21. The molecule has 2 atom stereocenters. The van der Waals surface area contributed by atoms with E-state index in [9.17, 15) is 14.4 Å². The summed E-state index contributed by atoms with van der Waals surface area (Å²) >= 11 is 0. The number of unbranched alkanes of at least 4 members (excludes halogenated alkanes) is 16. The molecule has 0 saturated carbocycles. The van der Waals surface area contributed by atoms with Crippen LogP contribution in [0.2, 0.25) is 0 Å². The van der Waals surface area contributed by atoms with Gasteiger partial charge in [-0.05, 0) is 136 Å². The maximum Gasteiger partial charge on any atom is 0.306 e. The molecule has 0 bridgehead atoms. The molecule has 0 aliphatic rings. The van der Waals surface area contributed by atoms with Gasteiger partial charge in [0.05, 0.1) is 13.2 Å². The van der Waals surface area contributed by atoms with Gasteiger partial charge in [0.15, 0.2) is 0 Å². The third-order valence-electron chi connectivity index (χ3n) is 9.54. The minimum Gasteiger partial charge on any atom is -0.466 e. The molecule has 0 amide bonds. The molecule has 0 aromatic carbocycles. The Balaban J connectivity index is 4.26. The van der Waals surface area contributed by atoms with Crippen molar-refractivity contribution in [3.63, 3.8) is 0 Å². The van der Waals surface area contributed by atoms with E-state index in [4.69, 9.17) is 14.2 Å². The lowest BCUT2D eigenvalue weighted by atomic mass is 9.94. The van der Waals surface area contributed by atoms with Gasteiger partial charge in [-0.15, -0.1) is 0 Å². The molecular formula is C45H83NO6. The predicted molar refractivity (Wildman–Crippen MR) is 218 cm³/mol. The molecule has 0 aliphatic carbocycles. The summed E-state index contributed by atoms with van der Waals surface area (Å²) in [6, 6.07) is 0. The van der Waals surface area contributed by atoms with Gasteiger partial charge in [0.25, 0.3) is 0 Å². The first-order valence-corrected chi connectivity index (χ1v) is 21.6. The van der Waals surface area contributed by atoms with Crippen molar-refractivity contribution in [2.45, 2.75) is 201 Å². The Hall–Kier alpha value is -2.15. The number of nitrogens with zero attached hydrogens (tertiary/aromatic N) is 1. The van der Waals surface area contributed by atoms with E-state index in [-0.39, 0.29) is 24.0 Å². The zero-order valence-corrected chi connectivity index (χ0v) is 34.9. The zero-order valence-electron chi connectivity index (χ0n) is 34.9. The van der Waals surface area contributed by atoms with E-state index in [1.165, 1.54) is 64.2 Å². The summed E-state index contributed by atoms with van der Waals surface area (Å²) in [5.41, 5.74) is 0. The van der Waals surface area contributed by atoms with Gasteiger partial charge >= 0.3 is 17.9 Å². The average Bonchev–Trinajstić information content (AvgIpc) is 3.08. The van der Waals surface area contributed by atoms with Crippen molar-refractivity contribution >= 4 is 17.9 Å². The fourth-order valence-electron chi connectivity index (χ4n) is 6.93. The molecule has 0 spiro atoms. The molecule has 7 nitrogen and oxygen atoms in total. The summed E-state index contributed by atoms with van der Waals surface area (Å²) < 4.78 is 16.1. The predicted octanol–water partition coefficient (Wildman–Crippen LogP) is 12.1. The highest BCUT2D eigenvalue weighted by Gasteiger charge is 2.18. The van der Waals surface area contributed by atoms with Crippen molar-refractivity contribution < 1.29 is 28.6 Å². The molecule has 52 heavy (non-hydrogen) atoms. The van der Waals surface area contributed by atoms with E-state index in [0.29, 0.717) is 44.3 Å². The molecular weight excluding hydrogens is 650 g/mol. The van der Waals surface area contributed by atoms with Crippen LogP contribution in [0.1, 0.15) is 195 Å². The Kier molecular flexibility index (Phi) is 35.6. The van der Waals surface area contributed by atoms with Crippen molar-refractivity contribution in [2.75, 3.05) is 33.9 Å². The molecule has 7 heteroatoms. The van der Waals surface area contributed by atoms with E-state index < -0.39 is 0 Å². The molecule has 0 N–H and O–H groups in total. The Morgan fingerprint density at radius 1 is 0.519 bits per heavy atom. The molecule has 0 saturated heterocycles. The summed E-state index contributed by atoms with van der Waals surface area (Å²) in [6.07, 6.45) is 36.8. The maximum absolute atomic E-state index is 13.0. The minimum atomic E-state index is -0.0789. The number of rotatable bonds is 37. The lowest BCUT2D eigenvalue weighted by Crippen LogP contribution is -2.23. The van der Waals surface area contributed by atoms with Gasteiger partial charge in [0, 0.05) is 25.8 Å². The minimum absolute atomic E-state index is 0.00587. The van der Waals surface area contributed by atoms with E-state index in [2.05, 4.69) is 57.1 Å². The first-order valence-electron chi connectivity index (χ1n) is 21.6.